The third kappa shape index (κ3) is 4.10. The van der Waals surface area contributed by atoms with Crippen LogP contribution in [-0.4, -0.2) is 51.7 Å². The summed E-state index contributed by atoms with van der Waals surface area (Å²) in [6.45, 7) is 7.14. The minimum atomic E-state index is 0.0286. The molecule has 0 unspecified atom stereocenters. The number of carbonyl (C=O) groups is 1. The van der Waals surface area contributed by atoms with Gasteiger partial charge in [0.15, 0.2) is 5.69 Å². The first-order chi connectivity index (χ1) is 11.9. The minimum absolute atomic E-state index is 0.0286. The summed E-state index contributed by atoms with van der Waals surface area (Å²) in [6, 6.07) is 10.9. The lowest BCUT2D eigenvalue weighted by molar-refractivity contribution is 0.0630. The van der Waals surface area contributed by atoms with Crippen LogP contribution in [0.5, 0.6) is 0 Å². The standard InChI is InChI=1S/C20H28N4O/c1-15-6-5-7-17(12-15)14-24-10-8-18(9-11-24)22(3)20(25)19-13-16(2)23(4)21-19/h5-7,12-13,18H,8-11,14H2,1-4H3. The molecule has 2 aromatic rings. The maximum Gasteiger partial charge on any atom is 0.274 e. The zero-order valence-electron chi connectivity index (χ0n) is 15.7. The first-order valence-corrected chi connectivity index (χ1v) is 9.00. The van der Waals surface area contributed by atoms with Gasteiger partial charge in [-0.1, -0.05) is 29.8 Å². The highest BCUT2D eigenvalue weighted by Gasteiger charge is 2.27. The average Bonchev–Trinajstić information content (AvgIpc) is 2.93. The average molecular weight is 340 g/mol. The molecular weight excluding hydrogens is 312 g/mol. The van der Waals surface area contributed by atoms with Crippen molar-refractivity contribution >= 4 is 5.91 Å². The Bertz CT molecular complexity index is 724. The van der Waals surface area contributed by atoms with Crippen molar-refractivity contribution in [2.45, 2.75) is 39.3 Å². The second kappa shape index (κ2) is 7.40. The number of likely N-dealkylation sites (tertiary alicyclic amines) is 1. The number of benzene rings is 1. The van der Waals surface area contributed by atoms with E-state index in [1.54, 1.807) is 4.68 Å². The zero-order chi connectivity index (χ0) is 18.0. The van der Waals surface area contributed by atoms with Crippen molar-refractivity contribution in [3.8, 4) is 0 Å². The fourth-order valence-corrected chi connectivity index (χ4v) is 3.55. The van der Waals surface area contributed by atoms with Gasteiger partial charge in [0.2, 0.25) is 0 Å². The van der Waals surface area contributed by atoms with Crippen molar-refractivity contribution in [1.82, 2.24) is 19.6 Å². The van der Waals surface area contributed by atoms with E-state index < -0.39 is 0 Å². The smallest absolute Gasteiger partial charge is 0.274 e. The largest absolute Gasteiger partial charge is 0.337 e. The lowest BCUT2D eigenvalue weighted by Crippen LogP contribution is -2.45. The molecular formula is C20H28N4O. The van der Waals surface area contributed by atoms with Gasteiger partial charge in [-0.3, -0.25) is 14.4 Å². The Morgan fingerprint density at radius 1 is 1.24 bits per heavy atom. The summed E-state index contributed by atoms with van der Waals surface area (Å²) in [5.74, 6) is 0.0286. The summed E-state index contributed by atoms with van der Waals surface area (Å²) in [7, 11) is 3.78. The summed E-state index contributed by atoms with van der Waals surface area (Å²) >= 11 is 0. The molecule has 1 aliphatic heterocycles. The normalized spacial score (nSPS) is 16.2. The monoisotopic (exact) mass is 340 g/mol. The zero-order valence-corrected chi connectivity index (χ0v) is 15.7. The van der Waals surface area contributed by atoms with Crippen molar-refractivity contribution < 1.29 is 4.79 Å². The van der Waals surface area contributed by atoms with E-state index in [1.165, 1.54) is 11.1 Å². The Hall–Kier alpha value is -2.14. The van der Waals surface area contributed by atoms with Gasteiger partial charge in [-0.25, -0.2) is 0 Å². The first kappa shape index (κ1) is 17.7. The Morgan fingerprint density at radius 2 is 1.96 bits per heavy atom. The van der Waals surface area contributed by atoms with Crippen LogP contribution in [0, 0.1) is 13.8 Å². The van der Waals surface area contributed by atoms with Gasteiger partial charge in [-0.2, -0.15) is 5.10 Å². The Balaban J connectivity index is 1.55. The highest BCUT2D eigenvalue weighted by Crippen LogP contribution is 2.19. The van der Waals surface area contributed by atoms with E-state index in [-0.39, 0.29) is 5.91 Å². The van der Waals surface area contributed by atoms with Gasteiger partial charge in [0, 0.05) is 45.5 Å². The maximum atomic E-state index is 12.7. The maximum absolute atomic E-state index is 12.7. The first-order valence-electron chi connectivity index (χ1n) is 9.00. The number of rotatable bonds is 4. The van der Waals surface area contributed by atoms with Crippen LogP contribution in [0.15, 0.2) is 30.3 Å². The molecule has 0 atom stereocenters. The molecule has 25 heavy (non-hydrogen) atoms. The molecule has 1 aromatic carbocycles. The summed E-state index contributed by atoms with van der Waals surface area (Å²) in [5.41, 5.74) is 4.23. The second-order valence-electron chi connectivity index (χ2n) is 7.21. The number of nitrogens with zero attached hydrogens (tertiary/aromatic N) is 4. The van der Waals surface area contributed by atoms with Gasteiger partial charge in [0.25, 0.3) is 5.91 Å². The summed E-state index contributed by atoms with van der Waals surface area (Å²) in [4.78, 5) is 17.0. The second-order valence-corrected chi connectivity index (χ2v) is 7.21. The van der Waals surface area contributed by atoms with Gasteiger partial charge in [0.1, 0.15) is 0 Å². The van der Waals surface area contributed by atoms with Crippen molar-refractivity contribution in [2.24, 2.45) is 7.05 Å². The van der Waals surface area contributed by atoms with Crippen LogP contribution in [0.3, 0.4) is 0 Å². The van der Waals surface area contributed by atoms with Crippen molar-refractivity contribution in [3.05, 3.63) is 52.8 Å². The molecule has 3 rings (SSSR count). The van der Waals surface area contributed by atoms with Crippen LogP contribution >= 0.6 is 0 Å². The van der Waals surface area contributed by atoms with E-state index in [0.717, 1.165) is 38.2 Å². The fourth-order valence-electron chi connectivity index (χ4n) is 3.55. The molecule has 2 heterocycles. The molecule has 1 saturated heterocycles. The Labute approximate surface area is 150 Å². The van der Waals surface area contributed by atoms with Gasteiger partial charge in [-0.05, 0) is 38.3 Å². The lowest BCUT2D eigenvalue weighted by atomic mass is 10.0. The number of amides is 1. The molecule has 0 saturated carbocycles. The molecule has 0 bridgehead atoms. The molecule has 5 nitrogen and oxygen atoms in total. The van der Waals surface area contributed by atoms with Crippen LogP contribution in [0.25, 0.3) is 0 Å². The number of carbonyl (C=O) groups excluding carboxylic acids is 1. The highest BCUT2D eigenvalue weighted by atomic mass is 16.2. The van der Waals surface area contributed by atoms with Crippen LogP contribution < -0.4 is 0 Å². The number of hydrogen-bond donors (Lipinski definition) is 0. The summed E-state index contributed by atoms with van der Waals surface area (Å²) in [6.07, 6.45) is 2.03. The quantitative estimate of drug-likeness (QED) is 0.859. The molecule has 1 fully saturated rings. The molecule has 134 valence electrons. The van der Waals surface area contributed by atoms with Crippen molar-refractivity contribution in [1.29, 1.82) is 0 Å². The number of hydrogen-bond acceptors (Lipinski definition) is 3. The van der Waals surface area contributed by atoms with Gasteiger partial charge in [-0.15, -0.1) is 0 Å². The molecule has 5 heteroatoms. The van der Waals surface area contributed by atoms with Gasteiger partial charge >= 0.3 is 0 Å². The van der Waals surface area contributed by atoms with E-state index in [1.807, 2.05) is 32.0 Å². The molecule has 0 N–H and O–H groups in total. The number of aromatic nitrogens is 2. The molecule has 1 aliphatic rings. The van der Waals surface area contributed by atoms with E-state index >= 15 is 0 Å². The topological polar surface area (TPSA) is 41.4 Å². The van der Waals surface area contributed by atoms with Crippen molar-refractivity contribution in [2.75, 3.05) is 20.1 Å². The molecule has 1 aromatic heterocycles. The molecule has 1 amide bonds. The third-order valence-corrected chi connectivity index (χ3v) is 5.25. The Kier molecular flexibility index (Phi) is 5.23. The third-order valence-electron chi connectivity index (χ3n) is 5.25. The predicted molar refractivity (Wildman–Crippen MR) is 99.5 cm³/mol. The summed E-state index contributed by atoms with van der Waals surface area (Å²) in [5, 5.41) is 4.32. The highest BCUT2D eigenvalue weighted by molar-refractivity contribution is 5.92. The lowest BCUT2D eigenvalue weighted by Gasteiger charge is -2.36. The number of aryl methyl sites for hydroxylation is 3. The van der Waals surface area contributed by atoms with E-state index in [2.05, 4.69) is 41.2 Å². The van der Waals surface area contributed by atoms with Gasteiger partial charge < -0.3 is 4.90 Å². The summed E-state index contributed by atoms with van der Waals surface area (Å²) < 4.78 is 1.76. The molecule has 0 radical (unpaired) electrons. The SMILES string of the molecule is Cc1cccc(CN2CCC(N(C)C(=O)c3cc(C)n(C)n3)CC2)c1. The van der Waals surface area contributed by atoms with E-state index in [4.69, 9.17) is 0 Å². The molecule has 0 spiro atoms. The number of piperidine rings is 1. The van der Waals surface area contributed by atoms with Crippen molar-refractivity contribution in [3.63, 3.8) is 0 Å². The van der Waals surface area contributed by atoms with E-state index in [0.29, 0.717) is 11.7 Å². The van der Waals surface area contributed by atoms with E-state index in [9.17, 15) is 4.79 Å². The molecule has 0 aliphatic carbocycles. The van der Waals surface area contributed by atoms with Crippen LogP contribution in [0.2, 0.25) is 0 Å². The van der Waals surface area contributed by atoms with Crippen LogP contribution in [0.4, 0.5) is 0 Å². The fraction of sp³-hybridized carbons (Fsp3) is 0.500. The van der Waals surface area contributed by atoms with Crippen LogP contribution in [-0.2, 0) is 13.6 Å². The predicted octanol–water partition coefficient (Wildman–Crippen LogP) is 2.77. The van der Waals surface area contributed by atoms with Gasteiger partial charge in [0.05, 0.1) is 0 Å². The Morgan fingerprint density at radius 3 is 2.56 bits per heavy atom. The minimum Gasteiger partial charge on any atom is -0.337 e. The van der Waals surface area contributed by atoms with Crippen LogP contribution in [0.1, 0.15) is 40.2 Å².